The van der Waals surface area contributed by atoms with Crippen LogP contribution in [0.25, 0.3) is 0 Å². The van der Waals surface area contributed by atoms with Gasteiger partial charge in [-0.05, 0) is 53.4 Å². The molecule has 2 aliphatic rings. The van der Waals surface area contributed by atoms with E-state index < -0.39 is 10.5 Å². The summed E-state index contributed by atoms with van der Waals surface area (Å²) in [7, 11) is 0. The van der Waals surface area contributed by atoms with Crippen molar-refractivity contribution in [2.45, 2.75) is 70.6 Å². The summed E-state index contributed by atoms with van der Waals surface area (Å²) in [6.45, 7) is 9.89. The molecule has 2 saturated heterocycles. The molecule has 172 valence electrons. The van der Waals surface area contributed by atoms with Crippen LogP contribution in [0.4, 0.5) is 22.2 Å². The van der Waals surface area contributed by atoms with Crippen LogP contribution in [-0.4, -0.2) is 69.4 Å². The highest BCUT2D eigenvalue weighted by atomic mass is 16.6. The van der Waals surface area contributed by atoms with Gasteiger partial charge in [-0.3, -0.25) is 10.1 Å². The third-order valence-electron chi connectivity index (χ3n) is 5.46. The molecule has 0 aliphatic carbocycles. The first-order valence-electron chi connectivity index (χ1n) is 10.7. The quantitative estimate of drug-likeness (QED) is 0.527. The highest BCUT2D eigenvalue weighted by Gasteiger charge is 2.31. The number of carbonyl (C=O) groups is 1. The molecule has 31 heavy (non-hydrogen) atoms. The number of ether oxygens (including phenoxy) is 2. The minimum atomic E-state index is -0.543. The lowest BCUT2D eigenvalue weighted by Gasteiger charge is -2.35. The van der Waals surface area contributed by atoms with Gasteiger partial charge >= 0.3 is 11.8 Å². The Morgan fingerprint density at radius 3 is 2.55 bits per heavy atom. The van der Waals surface area contributed by atoms with E-state index in [0.717, 1.165) is 12.8 Å². The molecule has 0 aromatic carbocycles. The molecule has 2 fully saturated rings. The molecule has 0 spiro atoms. The number of rotatable bonds is 5. The average molecular weight is 437 g/mol. The van der Waals surface area contributed by atoms with Gasteiger partial charge in [0.2, 0.25) is 11.8 Å². The fraction of sp³-hybridized carbons (Fsp3) is 0.750. The molecule has 0 bridgehead atoms. The van der Waals surface area contributed by atoms with E-state index in [2.05, 4.69) is 27.5 Å². The maximum Gasteiger partial charge on any atom is 0.410 e. The number of anilines is 2. The van der Waals surface area contributed by atoms with Gasteiger partial charge in [0, 0.05) is 37.9 Å². The van der Waals surface area contributed by atoms with E-state index in [9.17, 15) is 14.9 Å². The number of hydrogen-bond donors (Lipinski definition) is 2. The molecule has 0 radical (unpaired) electrons. The number of likely N-dealkylation sites (tertiary alicyclic amines) is 1. The number of hydrogen-bond acceptors (Lipinski definition) is 9. The lowest BCUT2D eigenvalue weighted by atomic mass is 9.93. The molecular weight excluding hydrogens is 404 g/mol. The van der Waals surface area contributed by atoms with Crippen LogP contribution < -0.4 is 10.6 Å². The molecule has 2 aliphatic heterocycles. The van der Waals surface area contributed by atoms with Crippen LogP contribution in [0.15, 0.2) is 6.20 Å². The smallest absolute Gasteiger partial charge is 0.410 e. The molecule has 1 aromatic rings. The maximum atomic E-state index is 12.2. The lowest BCUT2D eigenvalue weighted by molar-refractivity contribution is -0.384. The van der Waals surface area contributed by atoms with Crippen molar-refractivity contribution < 1.29 is 19.2 Å². The minimum Gasteiger partial charge on any atom is -0.444 e. The van der Waals surface area contributed by atoms with Crippen LogP contribution in [0.2, 0.25) is 0 Å². The van der Waals surface area contributed by atoms with Gasteiger partial charge in [-0.1, -0.05) is 0 Å². The van der Waals surface area contributed by atoms with E-state index >= 15 is 0 Å². The molecule has 2 N–H and O–H groups in total. The molecule has 1 aromatic heterocycles. The van der Waals surface area contributed by atoms with E-state index in [4.69, 9.17) is 9.47 Å². The predicted octanol–water partition coefficient (Wildman–Crippen LogP) is 3.18. The van der Waals surface area contributed by atoms with Crippen LogP contribution in [0, 0.1) is 10.1 Å². The summed E-state index contributed by atoms with van der Waals surface area (Å²) in [4.78, 5) is 33.5. The summed E-state index contributed by atoms with van der Waals surface area (Å²) in [6.07, 6.45) is 3.78. The van der Waals surface area contributed by atoms with Crippen molar-refractivity contribution >= 4 is 23.5 Å². The molecule has 1 amide bonds. The summed E-state index contributed by atoms with van der Waals surface area (Å²) in [5.74, 6) is 0.539. The summed E-state index contributed by atoms with van der Waals surface area (Å²) in [5, 5.41) is 18.0. The van der Waals surface area contributed by atoms with Gasteiger partial charge in [0.15, 0.2) is 0 Å². The van der Waals surface area contributed by atoms with Gasteiger partial charge in [-0.25, -0.2) is 9.78 Å². The van der Waals surface area contributed by atoms with Crippen molar-refractivity contribution in [1.29, 1.82) is 0 Å². The minimum absolute atomic E-state index is 0.0428. The van der Waals surface area contributed by atoms with E-state index in [-0.39, 0.29) is 29.2 Å². The Kier molecular flexibility index (Phi) is 6.83. The van der Waals surface area contributed by atoms with Crippen molar-refractivity contribution in [3.05, 3.63) is 16.3 Å². The van der Waals surface area contributed by atoms with Crippen LogP contribution in [0.1, 0.15) is 53.4 Å². The average Bonchev–Trinajstić information content (AvgIpc) is 2.67. The van der Waals surface area contributed by atoms with Gasteiger partial charge in [0.25, 0.3) is 0 Å². The number of piperidine rings is 1. The first-order valence-corrected chi connectivity index (χ1v) is 10.7. The van der Waals surface area contributed by atoms with Gasteiger partial charge in [-0.15, -0.1) is 0 Å². The molecule has 0 unspecified atom stereocenters. The molecule has 11 heteroatoms. The van der Waals surface area contributed by atoms with Crippen molar-refractivity contribution in [1.82, 2.24) is 14.9 Å². The number of nitrogens with zero attached hydrogens (tertiary/aromatic N) is 4. The summed E-state index contributed by atoms with van der Waals surface area (Å²) in [6, 6.07) is -0.0428. The van der Waals surface area contributed by atoms with E-state index in [1.54, 1.807) is 4.90 Å². The number of amides is 1. The molecule has 3 rings (SSSR count). The molecule has 11 nitrogen and oxygen atoms in total. The number of nitro groups is 1. The number of aromatic nitrogens is 2. The van der Waals surface area contributed by atoms with Gasteiger partial charge in [-0.2, -0.15) is 4.98 Å². The second-order valence-electron chi connectivity index (χ2n) is 9.37. The largest absolute Gasteiger partial charge is 0.444 e. The Hall–Kier alpha value is -2.69. The third kappa shape index (κ3) is 6.39. The summed E-state index contributed by atoms with van der Waals surface area (Å²) < 4.78 is 10.8. The first-order chi connectivity index (χ1) is 14.5. The molecule has 0 saturated carbocycles. The Bertz CT molecular complexity index is 798. The van der Waals surface area contributed by atoms with Crippen LogP contribution in [-0.2, 0) is 9.47 Å². The lowest BCUT2D eigenvalue weighted by Crippen LogP contribution is -2.44. The Morgan fingerprint density at radius 1 is 1.32 bits per heavy atom. The third-order valence-corrected chi connectivity index (χ3v) is 5.46. The van der Waals surface area contributed by atoms with Crippen molar-refractivity contribution in [2.75, 3.05) is 36.9 Å². The fourth-order valence-electron chi connectivity index (χ4n) is 3.62. The zero-order valence-electron chi connectivity index (χ0n) is 18.6. The second-order valence-corrected chi connectivity index (χ2v) is 9.37. The van der Waals surface area contributed by atoms with Gasteiger partial charge < -0.3 is 25.0 Å². The topological polar surface area (TPSA) is 132 Å². The highest BCUT2D eigenvalue weighted by Crippen LogP contribution is 2.28. The standard InChI is InChI=1S/C20H32N6O5/c1-19(2,3)31-18(27)25-9-5-14(6-10-25)22-16-15(26(28)29)13-21-17(23-16)24-20(4)7-11-30-12-8-20/h13-14H,5-12H2,1-4H3,(H2,21,22,23,24). The zero-order valence-corrected chi connectivity index (χ0v) is 18.6. The number of carbonyl (C=O) groups excluding carboxylic acids is 1. The van der Waals surface area contributed by atoms with Gasteiger partial charge in [0.05, 0.1) is 4.92 Å². The Balaban J connectivity index is 1.65. The zero-order chi connectivity index (χ0) is 22.6. The monoisotopic (exact) mass is 436 g/mol. The SMILES string of the molecule is CC1(Nc2ncc([N+](=O)[O-])c(NC3CCN(C(=O)OC(C)(C)C)CC3)n2)CCOCC1. The van der Waals surface area contributed by atoms with Crippen LogP contribution in [0.5, 0.6) is 0 Å². The van der Waals surface area contributed by atoms with Crippen molar-refractivity contribution in [3.63, 3.8) is 0 Å². The van der Waals surface area contributed by atoms with Crippen molar-refractivity contribution in [2.24, 2.45) is 0 Å². The summed E-state index contributed by atoms with van der Waals surface area (Å²) in [5.41, 5.74) is -0.930. The Morgan fingerprint density at radius 2 is 1.97 bits per heavy atom. The van der Waals surface area contributed by atoms with Crippen LogP contribution in [0.3, 0.4) is 0 Å². The van der Waals surface area contributed by atoms with E-state index in [0.29, 0.717) is 45.1 Å². The highest BCUT2D eigenvalue weighted by molar-refractivity contribution is 5.68. The normalized spacial score (nSPS) is 19.5. The number of nitrogens with one attached hydrogen (secondary N) is 2. The molecule has 0 atom stereocenters. The maximum absolute atomic E-state index is 12.2. The first kappa shape index (κ1) is 23.0. The van der Waals surface area contributed by atoms with Crippen molar-refractivity contribution in [3.8, 4) is 0 Å². The Labute approximate surface area is 182 Å². The molecular formula is C20H32N6O5. The molecule has 3 heterocycles. The van der Waals surface area contributed by atoms with E-state index in [1.807, 2.05) is 20.8 Å². The fourth-order valence-corrected chi connectivity index (χ4v) is 3.62. The predicted molar refractivity (Wildman–Crippen MR) is 115 cm³/mol. The van der Waals surface area contributed by atoms with Gasteiger partial charge in [0.1, 0.15) is 11.8 Å². The van der Waals surface area contributed by atoms with Crippen LogP contribution >= 0.6 is 0 Å². The second kappa shape index (κ2) is 9.21. The summed E-state index contributed by atoms with van der Waals surface area (Å²) >= 11 is 0. The van der Waals surface area contributed by atoms with E-state index in [1.165, 1.54) is 6.20 Å².